The molecule has 0 aliphatic heterocycles. The summed E-state index contributed by atoms with van der Waals surface area (Å²) in [6.07, 6.45) is 2.25. The van der Waals surface area contributed by atoms with Gasteiger partial charge in [0.2, 0.25) is 17.7 Å². The van der Waals surface area contributed by atoms with Gasteiger partial charge in [-0.15, -0.1) is 0 Å². The lowest BCUT2D eigenvalue weighted by atomic mass is 9.80. The molecule has 532 valence electrons. The molecule has 3 amide bonds. The van der Waals surface area contributed by atoms with E-state index in [1.807, 2.05) is 34.6 Å². The van der Waals surface area contributed by atoms with E-state index in [1.54, 1.807) is 4.90 Å². The minimum absolute atomic E-state index is 0.0336. The van der Waals surface area contributed by atoms with Gasteiger partial charge in [-0.25, -0.2) is 9.98 Å². The zero-order valence-corrected chi connectivity index (χ0v) is 55.8. The number of nitrogens with one attached hydrogen (secondary N) is 2. The molecule has 2 aliphatic rings. The number of carboxylic acid groups (broad SMARTS) is 2. The van der Waals surface area contributed by atoms with Gasteiger partial charge in [-0.2, -0.15) is 0 Å². The third kappa shape index (κ3) is 34.0. The van der Waals surface area contributed by atoms with Crippen LogP contribution in [0.3, 0.4) is 0 Å². The number of nitrogens with zero attached hydrogens (tertiary/aromatic N) is 3. The van der Waals surface area contributed by atoms with Crippen molar-refractivity contribution in [2.24, 2.45) is 68.4 Å². The summed E-state index contributed by atoms with van der Waals surface area (Å²) in [5, 5.41) is 26.3. The predicted molar refractivity (Wildman–Crippen MR) is 339 cm³/mol. The van der Waals surface area contributed by atoms with Gasteiger partial charge in [0.05, 0.1) is 143 Å². The van der Waals surface area contributed by atoms with Crippen LogP contribution < -0.4 is 33.6 Å². The van der Waals surface area contributed by atoms with E-state index in [0.29, 0.717) is 84.8 Å². The number of rotatable bonds is 56. The molecule has 0 aromatic rings. The van der Waals surface area contributed by atoms with Crippen LogP contribution >= 0.6 is 0 Å². The molecular formula is C62H113N9O21. The first-order valence-corrected chi connectivity index (χ1v) is 32.9. The van der Waals surface area contributed by atoms with E-state index in [2.05, 4.69) is 20.6 Å². The number of carboxylic acids is 2. The molecule has 0 saturated heterocycles. The van der Waals surface area contributed by atoms with Crippen LogP contribution in [0.1, 0.15) is 126 Å². The number of esters is 2. The molecule has 30 heteroatoms. The molecule has 10 atom stereocenters. The largest absolute Gasteiger partial charge is 0.481 e. The van der Waals surface area contributed by atoms with Crippen molar-refractivity contribution in [2.75, 3.05) is 145 Å². The zero-order valence-electron chi connectivity index (χ0n) is 55.8. The van der Waals surface area contributed by atoms with Crippen molar-refractivity contribution in [2.45, 2.75) is 162 Å². The molecule has 2 fully saturated rings. The Morgan fingerprint density at radius 1 is 0.446 bits per heavy atom. The SMILES string of the molecule is CCCOCCOCCOCCOCCC(=O)N(CCOCCOCCOCCCC(=O)O[C@H]1[C@@H]([C@H](NC(C)=O)C(CC)CC)[C@H](N=C(N)N)C[C@@H]1C(=O)O)CCOCCOCCOCCCC(=O)O[C@H]1[C@@H]([C@H](NC(C)=O)C(CC)CC)[C@H](N=C(N)N)C[C@@H]1C(=O)O. The minimum atomic E-state index is -1.15. The molecule has 2 aliphatic carbocycles. The maximum absolute atomic E-state index is 13.3. The first-order valence-electron chi connectivity index (χ1n) is 32.9. The van der Waals surface area contributed by atoms with Crippen LogP contribution in [0.4, 0.5) is 0 Å². The Morgan fingerprint density at radius 2 is 0.750 bits per heavy atom. The molecule has 92 heavy (non-hydrogen) atoms. The van der Waals surface area contributed by atoms with E-state index in [9.17, 15) is 43.8 Å². The van der Waals surface area contributed by atoms with Gasteiger partial charge < -0.3 is 106 Å². The lowest BCUT2D eigenvalue weighted by Crippen LogP contribution is -2.51. The van der Waals surface area contributed by atoms with E-state index in [4.69, 9.17) is 79.8 Å². The summed E-state index contributed by atoms with van der Waals surface area (Å²) in [5.41, 5.74) is 23.0. The van der Waals surface area contributed by atoms with Crippen molar-refractivity contribution in [1.82, 2.24) is 15.5 Å². The topological polar surface area (TPSA) is 427 Å². The summed E-state index contributed by atoms with van der Waals surface area (Å²) in [6, 6.07) is -2.46. The number of aliphatic carboxylic acids is 2. The Balaban J connectivity index is 1.78. The maximum atomic E-state index is 13.3. The number of nitrogens with two attached hydrogens (primary N) is 4. The quantitative estimate of drug-likeness (QED) is 0.0186. The molecule has 0 spiro atoms. The van der Waals surface area contributed by atoms with Gasteiger partial charge in [0, 0.05) is 83.5 Å². The molecule has 0 aromatic heterocycles. The summed E-state index contributed by atoms with van der Waals surface area (Å²) < 4.78 is 68.1. The summed E-state index contributed by atoms with van der Waals surface area (Å²) in [7, 11) is 0. The van der Waals surface area contributed by atoms with Crippen molar-refractivity contribution >= 4 is 53.5 Å². The van der Waals surface area contributed by atoms with E-state index < -0.39 is 83.9 Å². The van der Waals surface area contributed by atoms with Gasteiger partial charge in [0.25, 0.3) is 0 Å². The number of ether oxygens (including phenoxy) is 12. The molecule has 0 aromatic carbocycles. The fraction of sp³-hybridized carbons (Fsp3) is 0.855. The van der Waals surface area contributed by atoms with Crippen molar-refractivity contribution in [1.29, 1.82) is 0 Å². The molecule has 30 nitrogen and oxygen atoms in total. The molecule has 12 N–H and O–H groups in total. The van der Waals surface area contributed by atoms with Crippen LogP contribution in [0.2, 0.25) is 0 Å². The van der Waals surface area contributed by atoms with Gasteiger partial charge in [0.1, 0.15) is 12.2 Å². The normalized spacial score (nSPS) is 20.1. The first kappa shape index (κ1) is 82.5. The van der Waals surface area contributed by atoms with Gasteiger partial charge in [0.15, 0.2) is 11.9 Å². The lowest BCUT2D eigenvalue weighted by Gasteiger charge is -2.36. The summed E-state index contributed by atoms with van der Waals surface area (Å²) in [5.74, 6) is -8.33. The number of carbonyl (C=O) groups excluding carboxylic acids is 5. The standard InChI is InChI=1S/C62H113N9O21/c1-8-20-81-26-32-87-38-39-90-35-29-84-23-17-50(74)71(18-24-85-30-36-88-33-27-82-21-13-15-51(75)91-57-46(59(77)78)40-48(69-61(63)64)53(57)55(67-42(6)72)44(9-2)10-3)19-25-86-31-37-89-34-28-83-22-14-16-52(76)92-58-47(60(79)80)41-49(70-62(65)66)54(58)56(68-43(7)73)45(11-4)12-5/h44-49,53-58H,8-41H2,1-7H3,(H,67,72)(H,68,73)(H,77,78)(H,79,80)(H4,63,64,69)(H4,65,66,70)/t46-,47-,48+,49+,53+,54+,55+,56+,57+,58+/m0/s1. The Morgan fingerprint density at radius 3 is 1.04 bits per heavy atom. The fourth-order valence-corrected chi connectivity index (χ4v) is 11.6. The second-order valence-corrected chi connectivity index (χ2v) is 22.7. The maximum Gasteiger partial charge on any atom is 0.310 e. The fourth-order valence-electron chi connectivity index (χ4n) is 11.6. The molecule has 2 rings (SSSR count). The highest BCUT2D eigenvalue weighted by molar-refractivity contribution is 5.79. The number of guanidine groups is 2. The van der Waals surface area contributed by atoms with Crippen LogP contribution in [0.15, 0.2) is 9.98 Å². The Bertz CT molecular complexity index is 2010. The summed E-state index contributed by atoms with van der Waals surface area (Å²) in [4.78, 5) is 99.6. The second kappa shape index (κ2) is 49.9. The third-order valence-electron chi connectivity index (χ3n) is 16.0. The van der Waals surface area contributed by atoms with Crippen LogP contribution in [0.5, 0.6) is 0 Å². The molecule has 0 heterocycles. The van der Waals surface area contributed by atoms with Crippen LogP contribution in [0, 0.1) is 35.5 Å². The highest BCUT2D eigenvalue weighted by Gasteiger charge is 2.55. The number of hydrogen-bond donors (Lipinski definition) is 8. The smallest absolute Gasteiger partial charge is 0.310 e. The van der Waals surface area contributed by atoms with Crippen molar-refractivity contribution in [3.8, 4) is 0 Å². The Hall–Kier alpha value is -5.57. The van der Waals surface area contributed by atoms with Crippen LogP contribution in [-0.2, 0) is 90.4 Å². The molecule has 2 saturated carbocycles. The number of hydrogen-bond acceptors (Lipinski definition) is 21. The van der Waals surface area contributed by atoms with E-state index in [0.717, 1.165) is 6.42 Å². The number of amides is 3. The average Bonchev–Trinajstić information content (AvgIpc) is 1.64. The lowest BCUT2D eigenvalue weighted by molar-refractivity contribution is -0.162. The number of aliphatic imine (C=N–C) groups is 2. The molecule has 0 unspecified atom stereocenters. The molecular weight excluding hydrogens is 1210 g/mol. The van der Waals surface area contributed by atoms with E-state index in [-0.39, 0.29) is 173 Å². The molecule has 0 bridgehead atoms. The molecule has 0 radical (unpaired) electrons. The van der Waals surface area contributed by atoms with Crippen LogP contribution in [0.25, 0.3) is 0 Å². The first-order chi connectivity index (χ1) is 44.2. The minimum Gasteiger partial charge on any atom is -0.481 e. The number of carbonyl (C=O) groups is 7. The third-order valence-corrected chi connectivity index (χ3v) is 16.0. The summed E-state index contributed by atoms with van der Waals surface area (Å²) in [6.45, 7) is 19.6. The predicted octanol–water partition coefficient (Wildman–Crippen LogP) is 1.77. The Kier molecular flexibility index (Phi) is 44.8. The summed E-state index contributed by atoms with van der Waals surface area (Å²) >= 11 is 0. The van der Waals surface area contributed by atoms with Gasteiger partial charge >= 0.3 is 23.9 Å². The van der Waals surface area contributed by atoms with Gasteiger partial charge in [-0.1, -0.05) is 60.3 Å². The van der Waals surface area contributed by atoms with Crippen LogP contribution in [-0.4, -0.2) is 250 Å². The van der Waals surface area contributed by atoms with Crippen molar-refractivity contribution < 1.29 is 101 Å². The highest BCUT2D eigenvalue weighted by atomic mass is 16.6. The van der Waals surface area contributed by atoms with Crippen molar-refractivity contribution in [3.05, 3.63) is 0 Å². The Labute approximate surface area is 543 Å². The second-order valence-electron chi connectivity index (χ2n) is 22.7. The van der Waals surface area contributed by atoms with Gasteiger partial charge in [-0.05, 0) is 43.9 Å². The van der Waals surface area contributed by atoms with E-state index >= 15 is 0 Å². The van der Waals surface area contributed by atoms with Crippen molar-refractivity contribution in [3.63, 3.8) is 0 Å². The van der Waals surface area contributed by atoms with Gasteiger partial charge in [-0.3, -0.25) is 33.6 Å². The average molecular weight is 1320 g/mol. The monoisotopic (exact) mass is 1320 g/mol. The highest BCUT2D eigenvalue weighted by Crippen LogP contribution is 2.43. The zero-order chi connectivity index (χ0) is 68.1. The van der Waals surface area contributed by atoms with E-state index in [1.165, 1.54) is 13.8 Å².